The number of thiazole rings is 1. The molecule has 180 valence electrons. The second-order valence-corrected chi connectivity index (χ2v) is 9.96. The first-order chi connectivity index (χ1) is 17.0. The molecular formula is C28H30N4O2S. The maximum atomic E-state index is 12.7. The molecule has 1 aliphatic rings. The van der Waals surface area contributed by atoms with Crippen molar-refractivity contribution in [1.82, 2.24) is 15.2 Å². The molecule has 0 saturated carbocycles. The lowest BCUT2D eigenvalue weighted by Gasteiger charge is -2.34. The van der Waals surface area contributed by atoms with Gasteiger partial charge in [0.05, 0.1) is 10.2 Å². The fourth-order valence-corrected chi connectivity index (χ4v) is 5.61. The molecule has 1 amide bonds. The first-order valence-electron chi connectivity index (χ1n) is 12.0. The van der Waals surface area contributed by atoms with Crippen molar-refractivity contribution in [3.63, 3.8) is 0 Å². The number of hydrogen-bond donors (Lipinski definition) is 1. The van der Waals surface area contributed by atoms with E-state index in [4.69, 9.17) is 9.72 Å². The van der Waals surface area contributed by atoms with Gasteiger partial charge in [-0.05, 0) is 61.4 Å². The average Bonchev–Trinajstić information content (AvgIpc) is 3.30. The van der Waals surface area contributed by atoms with Crippen molar-refractivity contribution < 1.29 is 9.53 Å². The van der Waals surface area contributed by atoms with Crippen molar-refractivity contribution in [2.75, 3.05) is 44.2 Å². The molecule has 0 radical (unpaired) electrons. The van der Waals surface area contributed by atoms with E-state index in [2.05, 4.69) is 41.1 Å². The van der Waals surface area contributed by atoms with Crippen molar-refractivity contribution in [3.05, 3.63) is 83.4 Å². The van der Waals surface area contributed by atoms with Crippen molar-refractivity contribution in [2.24, 2.45) is 0 Å². The number of carbonyl (C=O) groups excluding carboxylic acids is 1. The van der Waals surface area contributed by atoms with Gasteiger partial charge in [-0.25, -0.2) is 4.98 Å². The molecule has 0 unspecified atom stereocenters. The van der Waals surface area contributed by atoms with Gasteiger partial charge in [0.2, 0.25) is 0 Å². The largest absolute Gasteiger partial charge is 0.457 e. The highest BCUT2D eigenvalue weighted by atomic mass is 32.1. The van der Waals surface area contributed by atoms with Gasteiger partial charge in [-0.1, -0.05) is 41.7 Å². The minimum Gasteiger partial charge on any atom is -0.457 e. The number of para-hydroxylation sites is 1. The molecule has 1 fully saturated rings. The molecule has 1 saturated heterocycles. The van der Waals surface area contributed by atoms with Crippen LogP contribution in [0.25, 0.3) is 10.2 Å². The average molecular weight is 487 g/mol. The van der Waals surface area contributed by atoms with Gasteiger partial charge in [0, 0.05) is 44.8 Å². The maximum absolute atomic E-state index is 12.7. The first kappa shape index (κ1) is 23.3. The molecule has 1 aromatic heterocycles. The van der Waals surface area contributed by atoms with E-state index in [0.717, 1.165) is 49.1 Å². The van der Waals surface area contributed by atoms with Crippen LogP contribution < -0.4 is 15.0 Å². The predicted molar refractivity (Wildman–Crippen MR) is 143 cm³/mol. The minimum absolute atomic E-state index is 0.0812. The van der Waals surface area contributed by atoms with Crippen LogP contribution in [-0.4, -0.2) is 55.1 Å². The van der Waals surface area contributed by atoms with Crippen molar-refractivity contribution in [2.45, 2.75) is 13.8 Å². The fraction of sp³-hybridized carbons (Fsp3) is 0.286. The number of anilines is 1. The Kier molecular flexibility index (Phi) is 6.97. The number of benzene rings is 3. The van der Waals surface area contributed by atoms with E-state index in [-0.39, 0.29) is 5.91 Å². The third-order valence-corrected chi connectivity index (χ3v) is 7.31. The Labute approximate surface area is 210 Å². The van der Waals surface area contributed by atoms with Crippen LogP contribution in [0.1, 0.15) is 21.5 Å². The molecule has 0 bridgehead atoms. The third-order valence-electron chi connectivity index (χ3n) is 6.25. The van der Waals surface area contributed by atoms with Gasteiger partial charge in [0.25, 0.3) is 5.91 Å². The summed E-state index contributed by atoms with van der Waals surface area (Å²) in [5.41, 5.74) is 4.25. The number of rotatable bonds is 7. The summed E-state index contributed by atoms with van der Waals surface area (Å²) in [6, 6.07) is 21.3. The molecule has 0 aliphatic carbocycles. The molecular weight excluding hydrogens is 456 g/mol. The zero-order chi connectivity index (χ0) is 24.2. The highest BCUT2D eigenvalue weighted by molar-refractivity contribution is 7.22. The van der Waals surface area contributed by atoms with E-state index < -0.39 is 0 Å². The molecule has 35 heavy (non-hydrogen) atoms. The summed E-state index contributed by atoms with van der Waals surface area (Å²) < 4.78 is 7.11. The topological polar surface area (TPSA) is 57.7 Å². The summed E-state index contributed by atoms with van der Waals surface area (Å²) in [5, 5.41) is 4.16. The van der Waals surface area contributed by atoms with Crippen LogP contribution in [0.4, 0.5) is 5.13 Å². The quantitative estimate of drug-likeness (QED) is 0.386. The van der Waals surface area contributed by atoms with Crippen molar-refractivity contribution in [3.8, 4) is 11.5 Å². The number of aromatic nitrogens is 1. The molecule has 1 N–H and O–H groups in total. The fourth-order valence-electron chi connectivity index (χ4n) is 4.41. The lowest BCUT2D eigenvalue weighted by molar-refractivity contribution is 0.0947. The summed E-state index contributed by atoms with van der Waals surface area (Å²) in [4.78, 5) is 22.4. The van der Waals surface area contributed by atoms with Gasteiger partial charge in [-0.2, -0.15) is 0 Å². The highest BCUT2D eigenvalue weighted by Crippen LogP contribution is 2.32. The van der Waals surface area contributed by atoms with E-state index in [0.29, 0.717) is 17.9 Å². The molecule has 3 aromatic carbocycles. The smallest absolute Gasteiger partial charge is 0.251 e. The zero-order valence-electron chi connectivity index (χ0n) is 20.2. The van der Waals surface area contributed by atoms with Crippen LogP contribution in [-0.2, 0) is 0 Å². The predicted octanol–water partition coefficient (Wildman–Crippen LogP) is 5.26. The molecule has 1 aliphatic heterocycles. The number of hydrogen-bond acceptors (Lipinski definition) is 6. The Balaban J connectivity index is 1.10. The van der Waals surface area contributed by atoms with Gasteiger partial charge in [0.1, 0.15) is 11.5 Å². The molecule has 2 heterocycles. The second-order valence-electron chi connectivity index (χ2n) is 8.95. The standard InChI is InChI=1S/C28H30N4O2S/c1-20-17-21(2)26-25(18-20)35-28(30-26)32-15-13-31(14-16-32)12-11-29-27(33)22-7-6-10-24(19-22)34-23-8-4-3-5-9-23/h3-10,17-19H,11-16H2,1-2H3,(H,29,33). The Morgan fingerprint density at radius 2 is 1.74 bits per heavy atom. The number of nitrogens with zero attached hydrogens (tertiary/aromatic N) is 3. The van der Waals surface area contributed by atoms with Crippen molar-refractivity contribution in [1.29, 1.82) is 0 Å². The van der Waals surface area contributed by atoms with Gasteiger partial charge >= 0.3 is 0 Å². The second kappa shape index (κ2) is 10.5. The Morgan fingerprint density at radius 3 is 2.54 bits per heavy atom. The Bertz CT molecular complexity index is 1310. The van der Waals surface area contributed by atoms with Crippen LogP contribution >= 0.6 is 11.3 Å². The van der Waals surface area contributed by atoms with Crippen LogP contribution in [0.5, 0.6) is 11.5 Å². The zero-order valence-corrected chi connectivity index (χ0v) is 21.0. The normalized spacial score (nSPS) is 14.3. The number of nitrogens with one attached hydrogen (secondary N) is 1. The van der Waals surface area contributed by atoms with Crippen LogP contribution in [0.2, 0.25) is 0 Å². The Morgan fingerprint density at radius 1 is 0.971 bits per heavy atom. The van der Waals surface area contributed by atoms with E-state index in [9.17, 15) is 4.79 Å². The molecule has 0 spiro atoms. The van der Waals surface area contributed by atoms with Gasteiger partial charge < -0.3 is 15.0 Å². The number of fused-ring (bicyclic) bond motifs is 1. The van der Waals surface area contributed by atoms with Crippen LogP contribution in [0.15, 0.2) is 66.7 Å². The van der Waals surface area contributed by atoms with E-state index in [1.807, 2.05) is 48.5 Å². The molecule has 6 nitrogen and oxygen atoms in total. The van der Waals surface area contributed by atoms with Gasteiger partial charge in [-0.3, -0.25) is 9.69 Å². The van der Waals surface area contributed by atoms with Gasteiger partial charge in [-0.15, -0.1) is 0 Å². The molecule has 4 aromatic rings. The van der Waals surface area contributed by atoms with Crippen LogP contribution in [0, 0.1) is 13.8 Å². The molecule has 0 atom stereocenters. The van der Waals surface area contributed by atoms with E-state index in [1.165, 1.54) is 15.8 Å². The lowest BCUT2D eigenvalue weighted by atomic mass is 10.1. The highest BCUT2D eigenvalue weighted by Gasteiger charge is 2.20. The summed E-state index contributed by atoms with van der Waals surface area (Å²) in [6.07, 6.45) is 0. The summed E-state index contributed by atoms with van der Waals surface area (Å²) in [7, 11) is 0. The van der Waals surface area contributed by atoms with E-state index >= 15 is 0 Å². The number of amides is 1. The number of aryl methyl sites for hydroxylation is 2. The van der Waals surface area contributed by atoms with Gasteiger partial charge in [0.15, 0.2) is 5.13 Å². The van der Waals surface area contributed by atoms with Crippen molar-refractivity contribution >= 4 is 32.6 Å². The minimum atomic E-state index is -0.0812. The third kappa shape index (κ3) is 5.63. The summed E-state index contributed by atoms with van der Waals surface area (Å²) >= 11 is 1.78. The van der Waals surface area contributed by atoms with E-state index in [1.54, 1.807) is 17.4 Å². The molecule has 7 heteroatoms. The lowest BCUT2D eigenvalue weighted by Crippen LogP contribution is -2.48. The molecule has 5 rings (SSSR count). The number of piperazine rings is 1. The first-order valence-corrected chi connectivity index (χ1v) is 12.8. The number of carbonyl (C=O) groups is 1. The maximum Gasteiger partial charge on any atom is 0.251 e. The SMILES string of the molecule is Cc1cc(C)c2nc(N3CCN(CCNC(=O)c4cccc(Oc5ccccc5)c4)CC3)sc2c1. The Hall–Kier alpha value is -3.42. The summed E-state index contributed by atoms with van der Waals surface area (Å²) in [5.74, 6) is 1.32. The van der Waals surface area contributed by atoms with Crippen LogP contribution in [0.3, 0.4) is 0 Å². The number of ether oxygens (including phenoxy) is 1. The summed E-state index contributed by atoms with van der Waals surface area (Å²) in [6.45, 7) is 9.54. The monoisotopic (exact) mass is 486 g/mol.